The zero-order valence-electron chi connectivity index (χ0n) is 16.4. The Morgan fingerprint density at radius 1 is 0.833 bits per heavy atom. The summed E-state index contributed by atoms with van der Waals surface area (Å²) in [5.74, 6) is 1.07. The van der Waals surface area contributed by atoms with Gasteiger partial charge in [-0.05, 0) is 76.9 Å². The highest BCUT2D eigenvalue weighted by Crippen LogP contribution is 2.30. The van der Waals surface area contributed by atoms with Crippen LogP contribution in [0.3, 0.4) is 0 Å². The Kier molecular flexibility index (Phi) is 7.13. The fourth-order valence-corrected chi connectivity index (χ4v) is 4.36. The summed E-state index contributed by atoms with van der Waals surface area (Å²) in [6.07, 6.45) is 5.08. The number of halogens is 3. The van der Waals surface area contributed by atoms with Crippen molar-refractivity contribution < 1.29 is 0 Å². The van der Waals surface area contributed by atoms with Gasteiger partial charge in [0.2, 0.25) is 0 Å². The Balaban J connectivity index is 1.57. The largest absolute Gasteiger partial charge is 0.330 e. The Morgan fingerprint density at radius 3 is 2.33 bits per heavy atom. The van der Waals surface area contributed by atoms with Crippen molar-refractivity contribution in [1.29, 1.82) is 0 Å². The maximum absolute atomic E-state index is 6.45. The van der Waals surface area contributed by atoms with Gasteiger partial charge in [0.1, 0.15) is 5.82 Å². The standard InChI is InChI=1S/C25H21Cl2IN2/c26-20-11-14-22(23(27)15-20)24-17-30(16-19-5-2-1-3-6-19)25(29-24)8-4-7-18-9-12-21(28)13-10-18/h1-3,5-6,9-15,17H,4,7-8,16H2. The zero-order chi connectivity index (χ0) is 20.9. The highest BCUT2D eigenvalue weighted by molar-refractivity contribution is 14.1. The summed E-state index contributed by atoms with van der Waals surface area (Å²) in [6, 6.07) is 24.8. The molecule has 2 nitrogen and oxygen atoms in total. The number of hydrogen-bond donors (Lipinski definition) is 0. The van der Waals surface area contributed by atoms with Crippen LogP contribution in [0, 0.1) is 3.57 Å². The SMILES string of the molecule is Clc1ccc(-c2cn(Cc3ccccc3)c(CCCc3ccc(I)cc3)n2)c(Cl)c1. The quantitative estimate of drug-likeness (QED) is 0.217. The van der Waals surface area contributed by atoms with Gasteiger partial charge in [0.15, 0.2) is 0 Å². The fraction of sp³-hybridized carbons (Fsp3) is 0.160. The van der Waals surface area contributed by atoms with Gasteiger partial charge in [-0.2, -0.15) is 0 Å². The minimum atomic E-state index is 0.622. The molecule has 0 saturated carbocycles. The smallest absolute Gasteiger partial charge is 0.109 e. The van der Waals surface area contributed by atoms with Gasteiger partial charge in [0, 0.05) is 33.3 Å². The monoisotopic (exact) mass is 546 g/mol. The molecular weight excluding hydrogens is 526 g/mol. The highest BCUT2D eigenvalue weighted by atomic mass is 127. The van der Waals surface area contributed by atoms with E-state index in [1.54, 1.807) is 6.07 Å². The lowest BCUT2D eigenvalue weighted by molar-refractivity contribution is 0.685. The number of hydrogen-bond acceptors (Lipinski definition) is 1. The number of nitrogens with zero attached hydrogens (tertiary/aromatic N) is 2. The van der Waals surface area contributed by atoms with Crippen LogP contribution in [-0.4, -0.2) is 9.55 Å². The van der Waals surface area contributed by atoms with Gasteiger partial charge >= 0.3 is 0 Å². The molecule has 1 aromatic heterocycles. The van der Waals surface area contributed by atoms with Crippen molar-refractivity contribution in [3.05, 3.63) is 110 Å². The first-order valence-electron chi connectivity index (χ1n) is 9.88. The van der Waals surface area contributed by atoms with Crippen molar-refractivity contribution in [2.75, 3.05) is 0 Å². The molecule has 152 valence electrons. The van der Waals surface area contributed by atoms with Crippen LogP contribution in [0.4, 0.5) is 0 Å². The Labute approximate surface area is 201 Å². The van der Waals surface area contributed by atoms with Crippen LogP contribution in [0.2, 0.25) is 10.0 Å². The first-order valence-corrected chi connectivity index (χ1v) is 11.7. The zero-order valence-corrected chi connectivity index (χ0v) is 20.0. The number of aryl methyl sites for hydroxylation is 2. The average Bonchev–Trinajstić information content (AvgIpc) is 3.12. The van der Waals surface area contributed by atoms with Crippen LogP contribution in [0.1, 0.15) is 23.4 Å². The van der Waals surface area contributed by atoms with Crippen molar-refractivity contribution >= 4 is 45.8 Å². The molecule has 5 heteroatoms. The van der Waals surface area contributed by atoms with E-state index in [9.17, 15) is 0 Å². The van der Waals surface area contributed by atoms with Gasteiger partial charge < -0.3 is 4.57 Å². The molecule has 0 amide bonds. The summed E-state index contributed by atoms with van der Waals surface area (Å²) in [7, 11) is 0. The van der Waals surface area contributed by atoms with E-state index in [4.69, 9.17) is 28.2 Å². The number of rotatable bonds is 7. The number of benzene rings is 3. The van der Waals surface area contributed by atoms with Gasteiger partial charge in [0.05, 0.1) is 10.7 Å². The van der Waals surface area contributed by atoms with E-state index in [0.717, 1.165) is 42.9 Å². The third-order valence-corrected chi connectivity index (χ3v) is 6.31. The second-order valence-corrected chi connectivity index (χ2v) is 9.35. The summed E-state index contributed by atoms with van der Waals surface area (Å²) < 4.78 is 3.50. The first-order chi connectivity index (χ1) is 14.6. The van der Waals surface area contributed by atoms with E-state index in [1.807, 2.05) is 18.2 Å². The molecule has 30 heavy (non-hydrogen) atoms. The third kappa shape index (κ3) is 5.45. The summed E-state index contributed by atoms with van der Waals surface area (Å²) in [6.45, 7) is 0.790. The second kappa shape index (κ2) is 9.99. The molecule has 0 atom stereocenters. The van der Waals surface area contributed by atoms with Crippen molar-refractivity contribution in [2.24, 2.45) is 0 Å². The van der Waals surface area contributed by atoms with E-state index in [1.165, 1.54) is 14.7 Å². The number of aromatic nitrogens is 2. The van der Waals surface area contributed by atoms with Gasteiger partial charge in [-0.25, -0.2) is 4.98 Å². The highest BCUT2D eigenvalue weighted by Gasteiger charge is 2.13. The minimum Gasteiger partial charge on any atom is -0.330 e. The summed E-state index contributed by atoms with van der Waals surface area (Å²) >= 11 is 14.9. The van der Waals surface area contributed by atoms with Crippen LogP contribution in [0.5, 0.6) is 0 Å². The Bertz CT molecular complexity index is 1120. The van der Waals surface area contributed by atoms with Crippen LogP contribution < -0.4 is 0 Å². The van der Waals surface area contributed by atoms with E-state index in [2.05, 4.69) is 81.9 Å². The molecule has 0 aliphatic carbocycles. The van der Waals surface area contributed by atoms with Crippen molar-refractivity contribution in [3.8, 4) is 11.3 Å². The minimum absolute atomic E-state index is 0.622. The third-order valence-electron chi connectivity index (χ3n) is 5.04. The molecule has 0 fully saturated rings. The molecule has 0 unspecified atom stereocenters. The lowest BCUT2D eigenvalue weighted by atomic mass is 10.1. The van der Waals surface area contributed by atoms with E-state index in [-0.39, 0.29) is 0 Å². The van der Waals surface area contributed by atoms with Crippen molar-refractivity contribution in [1.82, 2.24) is 9.55 Å². The molecule has 0 aliphatic rings. The maximum atomic E-state index is 6.45. The van der Waals surface area contributed by atoms with E-state index >= 15 is 0 Å². The van der Waals surface area contributed by atoms with Gasteiger partial charge in [-0.1, -0.05) is 65.7 Å². The Morgan fingerprint density at radius 2 is 1.60 bits per heavy atom. The summed E-state index contributed by atoms with van der Waals surface area (Å²) in [5.41, 5.74) is 4.41. The summed E-state index contributed by atoms with van der Waals surface area (Å²) in [4.78, 5) is 4.95. The molecule has 0 aliphatic heterocycles. The molecule has 0 radical (unpaired) electrons. The molecule has 4 aromatic rings. The average molecular weight is 547 g/mol. The lowest BCUT2D eigenvalue weighted by Crippen LogP contribution is -2.05. The fourth-order valence-electron chi connectivity index (χ4n) is 3.50. The lowest BCUT2D eigenvalue weighted by Gasteiger charge is -2.08. The number of imidazole rings is 1. The van der Waals surface area contributed by atoms with Crippen LogP contribution in [-0.2, 0) is 19.4 Å². The Hall–Kier alpha value is -1.82. The van der Waals surface area contributed by atoms with Gasteiger partial charge in [0.25, 0.3) is 0 Å². The van der Waals surface area contributed by atoms with Crippen LogP contribution >= 0.6 is 45.8 Å². The molecule has 0 spiro atoms. The van der Waals surface area contributed by atoms with Crippen LogP contribution in [0.25, 0.3) is 11.3 Å². The predicted molar refractivity (Wildman–Crippen MR) is 134 cm³/mol. The van der Waals surface area contributed by atoms with Crippen molar-refractivity contribution in [2.45, 2.75) is 25.8 Å². The van der Waals surface area contributed by atoms with Crippen LogP contribution in [0.15, 0.2) is 79.0 Å². The van der Waals surface area contributed by atoms with Gasteiger partial charge in [-0.3, -0.25) is 0 Å². The molecule has 3 aromatic carbocycles. The maximum Gasteiger partial charge on any atom is 0.109 e. The molecule has 4 rings (SSSR count). The normalized spacial score (nSPS) is 11.0. The van der Waals surface area contributed by atoms with Crippen molar-refractivity contribution in [3.63, 3.8) is 0 Å². The first kappa shape index (κ1) is 21.4. The molecule has 1 heterocycles. The van der Waals surface area contributed by atoms with Gasteiger partial charge in [-0.15, -0.1) is 0 Å². The molecular formula is C25H21Cl2IN2. The van der Waals surface area contributed by atoms with E-state index < -0.39 is 0 Å². The topological polar surface area (TPSA) is 17.8 Å². The predicted octanol–water partition coefficient (Wildman–Crippen LogP) is 7.69. The molecule has 0 saturated heterocycles. The molecule has 0 bridgehead atoms. The van der Waals surface area contributed by atoms with E-state index in [0.29, 0.717) is 10.0 Å². The second-order valence-electron chi connectivity index (χ2n) is 7.26. The summed E-state index contributed by atoms with van der Waals surface area (Å²) in [5, 5.41) is 1.25. The molecule has 0 N–H and O–H groups in total.